The highest BCUT2D eigenvalue weighted by Crippen LogP contribution is 2.32. The van der Waals surface area contributed by atoms with Gasteiger partial charge in [-0.25, -0.2) is 9.59 Å². The minimum atomic E-state index is -0.702. The van der Waals surface area contributed by atoms with Gasteiger partial charge < -0.3 is 14.2 Å². The summed E-state index contributed by atoms with van der Waals surface area (Å²) in [6, 6.07) is 4.72. The van der Waals surface area contributed by atoms with Gasteiger partial charge in [0.15, 0.2) is 5.75 Å². The van der Waals surface area contributed by atoms with Gasteiger partial charge in [0.1, 0.15) is 13.2 Å². The molecule has 0 aliphatic rings. The van der Waals surface area contributed by atoms with Crippen LogP contribution in [0.15, 0.2) is 18.2 Å². The smallest absolute Gasteiger partial charge is 0.337 e. The molecule has 0 bridgehead atoms. The van der Waals surface area contributed by atoms with E-state index in [4.69, 9.17) is 37.4 Å². The lowest BCUT2D eigenvalue weighted by molar-refractivity contribution is -0.152. The fourth-order valence-electron chi connectivity index (χ4n) is 1.31. The molecule has 0 saturated heterocycles. The zero-order valence-electron chi connectivity index (χ0n) is 11.6. The van der Waals surface area contributed by atoms with Crippen LogP contribution in [0.2, 0.25) is 10.0 Å². The van der Waals surface area contributed by atoms with Crippen LogP contribution >= 0.6 is 23.2 Å². The highest BCUT2D eigenvalue weighted by molar-refractivity contribution is 6.37. The van der Waals surface area contributed by atoms with Crippen LogP contribution in [0.1, 0.15) is 19.8 Å². The Morgan fingerprint density at radius 3 is 2.33 bits per heavy atom. The molecule has 0 spiro atoms. The normalized spacial score (nSPS) is 10.2. The van der Waals surface area contributed by atoms with Crippen LogP contribution in [0.5, 0.6) is 5.75 Å². The number of benzene rings is 1. The van der Waals surface area contributed by atoms with E-state index >= 15 is 0 Å². The average molecular weight is 335 g/mol. The van der Waals surface area contributed by atoms with Gasteiger partial charge in [-0.15, -0.1) is 0 Å². The van der Waals surface area contributed by atoms with Crippen molar-refractivity contribution in [3.05, 3.63) is 28.2 Å². The lowest BCUT2D eigenvalue weighted by Crippen LogP contribution is -2.20. The maximum absolute atomic E-state index is 11.5. The van der Waals surface area contributed by atoms with Gasteiger partial charge in [-0.2, -0.15) is 0 Å². The van der Waals surface area contributed by atoms with Crippen molar-refractivity contribution < 1.29 is 23.8 Å². The summed E-state index contributed by atoms with van der Waals surface area (Å²) in [4.78, 5) is 22.8. The molecule has 1 aromatic rings. The number of halogens is 2. The van der Waals surface area contributed by atoms with Gasteiger partial charge in [0.2, 0.25) is 0 Å². The second-order valence-electron chi connectivity index (χ2n) is 4.09. The van der Waals surface area contributed by atoms with Gasteiger partial charge in [0.05, 0.1) is 16.7 Å². The maximum Gasteiger partial charge on any atom is 0.337 e. The van der Waals surface area contributed by atoms with Crippen molar-refractivity contribution in [1.29, 1.82) is 0 Å². The zero-order chi connectivity index (χ0) is 15.7. The van der Waals surface area contributed by atoms with E-state index in [1.807, 2.05) is 6.92 Å². The van der Waals surface area contributed by atoms with E-state index in [9.17, 15) is 9.59 Å². The van der Waals surface area contributed by atoms with Gasteiger partial charge in [0.25, 0.3) is 0 Å². The van der Waals surface area contributed by atoms with Crippen molar-refractivity contribution >= 4 is 35.1 Å². The summed E-state index contributed by atoms with van der Waals surface area (Å²) in [7, 11) is 0. The number of hydrogen-bond acceptors (Lipinski definition) is 5. The van der Waals surface area contributed by atoms with Crippen LogP contribution in [0.25, 0.3) is 0 Å². The quantitative estimate of drug-likeness (QED) is 0.415. The van der Waals surface area contributed by atoms with E-state index < -0.39 is 18.5 Å². The molecule has 7 heteroatoms. The number of rotatable bonds is 8. The van der Waals surface area contributed by atoms with Crippen LogP contribution in [-0.4, -0.2) is 31.8 Å². The summed E-state index contributed by atoms with van der Waals surface area (Å²) < 4.78 is 14.7. The molecule has 0 fully saturated rings. The molecule has 5 nitrogen and oxygen atoms in total. The predicted molar refractivity (Wildman–Crippen MR) is 78.8 cm³/mol. The summed E-state index contributed by atoms with van der Waals surface area (Å²) >= 11 is 11.7. The second-order valence-corrected chi connectivity index (χ2v) is 4.91. The Kier molecular flexibility index (Phi) is 8.12. The Bertz CT molecular complexity index is 470. The first-order valence-electron chi connectivity index (χ1n) is 6.42. The molecular weight excluding hydrogens is 319 g/mol. The summed E-state index contributed by atoms with van der Waals surface area (Å²) in [5, 5.41) is 0.435. The first-order valence-corrected chi connectivity index (χ1v) is 7.18. The van der Waals surface area contributed by atoms with Crippen LogP contribution in [0, 0.1) is 0 Å². The molecule has 1 rings (SSSR count). The molecule has 0 aliphatic carbocycles. The summed E-state index contributed by atoms with van der Waals surface area (Å²) in [6.45, 7) is 1.62. The standard InChI is InChI=1S/C14H16Cl2O5/c1-2-3-7-20-12(17)8-19-9-13(18)21-14-10(15)5-4-6-11(14)16/h4-6H,2-3,7-9H2,1H3. The van der Waals surface area contributed by atoms with Gasteiger partial charge in [-0.05, 0) is 18.6 Å². The number of unbranched alkanes of at least 4 members (excludes halogenated alkanes) is 1. The fourth-order valence-corrected chi connectivity index (χ4v) is 1.79. The fraction of sp³-hybridized carbons (Fsp3) is 0.429. The highest BCUT2D eigenvalue weighted by Gasteiger charge is 2.13. The largest absolute Gasteiger partial charge is 0.464 e. The minimum Gasteiger partial charge on any atom is -0.464 e. The van der Waals surface area contributed by atoms with E-state index in [1.165, 1.54) is 0 Å². The van der Waals surface area contributed by atoms with Gasteiger partial charge in [0, 0.05) is 0 Å². The molecule has 0 amide bonds. The van der Waals surface area contributed by atoms with Crippen LogP contribution in [0.3, 0.4) is 0 Å². The molecular formula is C14H16Cl2O5. The Balaban J connectivity index is 2.30. The SMILES string of the molecule is CCCCOC(=O)COCC(=O)Oc1c(Cl)cccc1Cl. The maximum atomic E-state index is 11.5. The Hall–Kier alpha value is -1.30. The number of carbonyl (C=O) groups is 2. The summed E-state index contributed by atoms with van der Waals surface area (Å²) in [5.41, 5.74) is 0. The van der Waals surface area contributed by atoms with E-state index in [1.54, 1.807) is 18.2 Å². The highest BCUT2D eigenvalue weighted by atomic mass is 35.5. The van der Waals surface area contributed by atoms with Crippen molar-refractivity contribution in [2.24, 2.45) is 0 Å². The zero-order valence-corrected chi connectivity index (χ0v) is 13.1. The Morgan fingerprint density at radius 1 is 1.10 bits per heavy atom. The number of hydrogen-bond donors (Lipinski definition) is 0. The molecule has 0 aromatic heterocycles. The topological polar surface area (TPSA) is 61.8 Å². The summed E-state index contributed by atoms with van der Waals surface area (Å²) in [5.74, 6) is -1.15. The molecule has 116 valence electrons. The van der Waals surface area contributed by atoms with Gasteiger partial charge >= 0.3 is 11.9 Å². The molecule has 1 aromatic carbocycles. The Labute approximate surface area is 133 Å². The van der Waals surface area contributed by atoms with Crippen molar-refractivity contribution in [2.45, 2.75) is 19.8 Å². The third-order valence-electron chi connectivity index (χ3n) is 2.34. The third-order valence-corrected chi connectivity index (χ3v) is 2.93. The van der Waals surface area contributed by atoms with Crippen LogP contribution in [0.4, 0.5) is 0 Å². The van der Waals surface area contributed by atoms with E-state index in [0.29, 0.717) is 6.61 Å². The minimum absolute atomic E-state index is 0.0694. The van der Waals surface area contributed by atoms with Gasteiger partial charge in [-0.3, -0.25) is 0 Å². The number of para-hydroxylation sites is 1. The number of ether oxygens (including phenoxy) is 3. The lowest BCUT2D eigenvalue weighted by atomic mass is 10.3. The number of esters is 2. The predicted octanol–water partition coefficient (Wildman–Crippen LogP) is 3.26. The molecule has 0 N–H and O–H groups in total. The first kappa shape index (κ1) is 17.8. The van der Waals surface area contributed by atoms with Crippen LogP contribution < -0.4 is 4.74 Å². The Morgan fingerprint density at radius 2 is 1.71 bits per heavy atom. The molecule has 0 aliphatic heterocycles. The van der Waals surface area contributed by atoms with E-state index in [2.05, 4.69) is 0 Å². The molecule has 0 radical (unpaired) electrons. The van der Waals surface area contributed by atoms with Crippen LogP contribution in [-0.2, 0) is 19.1 Å². The van der Waals surface area contributed by atoms with Gasteiger partial charge in [-0.1, -0.05) is 42.6 Å². The lowest BCUT2D eigenvalue weighted by Gasteiger charge is -2.08. The summed E-state index contributed by atoms with van der Waals surface area (Å²) in [6.07, 6.45) is 1.72. The number of carbonyl (C=O) groups excluding carboxylic acids is 2. The molecule has 21 heavy (non-hydrogen) atoms. The van der Waals surface area contributed by atoms with E-state index in [0.717, 1.165) is 12.8 Å². The monoisotopic (exact) mass is 334 g/mol. The molecule has 0 saturated carbocycles. The molecule has 0 heterocycles. The van der Waals surface area contributed by atoms with E-state index in [-0.39, 0.29) is 22.4 Å². The molecule has 0 unspecified atom stereocenters. The van der Waals surface area contributed by atoms with Crippen molar-refractivity contribution in [3.63, 3.8) is 0 Å². The first-order chi connectivity index (χ1) is 10.0. The van der Waals surface area contributed by atoms with Crippen molar-refractivity contribution in [2.75, 3.05) is 19.8 Å². The molecule has 0 atom stereocenters. The van der Waals surface area contributed by atoms with Crippen molar-refractivity contribution in [3.8, 4) is 5.75 Å². The average Bonchev–Trinajstić information content (AvgIpc) is 2.43. The third kappa shape index (κ3) is 6.80. The van der Waals surface area contributed by atoms with Crippen molar-refractivity contribution in [1.82, 2.24) is 0 Å². The second kappa shape index (κ2) is 9.60.